The molecule has 3 aromatic rings. The van der Waals surface area contributed by atoms with Gasteiger partial charge in [0.1, 0.15) is 12.1 Å². The number of nitrogens with zero attached hydrogens (tertiary/aromatic N) is 5. The molecular weight excluding hydrogens is 385 g/mol. The van der Waals surface area contributed by atoms with Gasteiger partial charge < -0.3 is 10.1 Å². The predicted molar refractivity (Wildman–Crippen MR) is 92.0 cm³/mol. The van der Waals surface area contributed by atoms with E-state index in [1.807, 2.05) is 0 Å². The van der Waals surface area contributed by atoms with Gasteiger partial charge in [0.25, 0.3) is 0 Å². The van der Waals surface area contributed by atoms with Gasteiger partial charge in [0.2, 0.25) is 11.2 Å². The van der Waals surface area contributed by atoms with Crippen molar-refractivity contribution in [2.45, 2.75) is 19.6 Å². The highest BCUT2D eigenvalue weighted by Gasteiger charge is 2.34. The van der Waals surface area contributed by atoms with Gasteiger partial charge in [-0.3, -0.25) is 0 Å². The molecule has 3 rings (SSSR count). The molecule has 0 unspecified atom stereocenters. The first-order valence-electron chi connectivity index (χ1n) is 7.67. The van der Waals surface area contributed by atoms with E-state index < -0.39 is 11.9 Å². The third kappa shape index (κ3) is 4.27. The zero-order chi connectivity index (χ0) is 19.6. The monoisotopic (exact) mass is 398 g/mol. The summed E-state index contributed by atoms with van der Waals surface area (Å²) in [6, 6.07) is 5.97. The lowest BCUT2D eigenvalue weighted by Crippen LogP contribution is -2.08. The SMILES string of the molecule is COc1cc(-n2nc(C(F)(F)F)cc2C)ccc1CNc1ncnc(Cl)n1. The Bertz CT molecular complexity index is 960. The fraction of sp³-hybridized carbons (Fsp3) is 0.250. The molecule has 0 atom stereocenters. The van der Waals surface area contributed by atoms with Crippen molar-refractivity contribution in [2.24, 2.45) is 0 Å². The Kier molecular flexibility index (Phi) is 5.17. The van der Waals surface area contributed by atoms with Crippen molar-refractivity contribution >= 4 is 17.5 Å². The second kappa shape index (κ2) is 7.39. The van der Waals surface area contributed by atoms with E-state index in [0.29, 0.717) is 29.6 Å². The van der Waals surface area contributed by atoms with Crippen molar-refractivity contribution in [3.8, 4) is 11.4 Å². The quantitative estimate of drug-likeness (QED) is 0.706. The maximum atomic E-state index is 12.9. The molecule has 0 spiro atoms. The van der Waals surface area contributed by atoms with Crippen LogP contribution in [0.3, 0.4) is 0 Å². The zero-order valence-electron chi connectivity index (χ0n) is 14.3. The number of hydrogen-bond donors (Lipinski definition) is 1. The highest BCUT2D eigenvalue weighted by Crippen LogP contribution is 2.30. The third-order valence-corrected chi connectivity index (χ3v) is 3.85. The minimum Gasteiger partial charge on any atom is -0.496 e. The summed E-state index contributed by atoms with van der Waals surface area (Å²) in [6.07, 6.45) is -3.23. The van der Waals surface area contributed by atoms with Crippen molar-refractivity contribution in [3.05, 3.63) is 52.8 Å². The van der Waals surface area contributed by atoms with Gasteiger partial charge >= 0.3 is 6.18 Å². The van der Waals surface area contributed by atoms with Gasteiger partial charge in [-0.2, -0.15) is 23.3 Å². The number of hydrogen-bond acceptors (Lipinski definition) is 6. The van der Waals surface area contributed by atoms with E-state index in [-0.39, 0.29) is 5.28 Å². The second-order valence-corrected chi connectivity index (χ2v) is 5.85. The summed E-state index contributed by atoms with van der Waals surface area (Å²) in [5, 5.41) is 6.67. The Morgan fingerprint density at radius 2 is 2.00 bits per heavy atom. The molecule has 0 aliphatic rings. The standard InChI is InChI=1S/C16H14ClF3N6O/c1-9-5-13(16(18,19)20)25-26(9)11-4-3-10(12(6-11)27-2)7-21-15-23-8-22-14(17)24-15/h3-6,8H,7H2,1-2H3,(H,21,22,23,24). The number of nitrogens with one attached hydrogen (secondary N) is 1. The molecule has 0 aliphatic carbocycles. The molecule has 0 fully saturated rings. The van der Waals surface area contributed by atoms with Crippen LogP contribution in [0, 0.1) is 6.92 Å². The Balaban J connectivity index is 1.85. The lowest BCUT2D eigenvalue weighted by atomic mass is 10.1. The number of benzene rings is 1. The van der Waals surface area contributed by atoms with Crippen LogP contribution in [0.5, 0.6) is 5.75 Å². The van der Waals surface area contributed by atoms with E-state index in [9.17, 15) is 13.2 Å². The number of halogens is 4. The molecule has 0 saturated heterocycles. The summed E-state index contributed by atoms with van der Waals surface area (Å²) in [6.45, 7) is 1.87. The van der Waals surface area contributed by atoms with E-state index in [2.05, 4.69) is 25.4 Å². The Labute approximate surface area is 157 Å². The number of anilines is 1. The minimum atomic E-state index is -4.50. The average Bonchev–Trinajstić information content (AvgIpc) is 3.02. The second-order valence-electron chi connectivity index (χ2n) is 5.51. The topological polar surface area (TPSA) is 77.8 Å². The smallest absolute Gasteiger partial charge is 0.435 e. The average molecular weight is 399 g/mol. The van der Waals surface area contributed by atoms with Gasteiger partial charge in [-0.05, 0) is 30.7 Å². The van der Waals surface area contributed by atoms with E-state index in [1.54, 1.807) is 25.1 Å². The summed E-state index contributed by atoms with van der Waals surface area (Å²) in [7, 11) is 1.47. The maximum absolute atomic E-state index is 12.9. The first-order chi connectivity index (χ1) is 12.8. The summed E-state index contributed by atoms with van der Waals surface area (Å²) < 4.78 is 45.2. The molecule has 142 valence electrons. The van der Waals surface area contributed by atoms with Crippen LogP contribution in [-0.4, -0.2) is 31.8 Å². The first kappa shape index (κ1) is 18.9. The van der Waals surface area contributed by atoms with Gasteiger partial charge in [0, 0.05) is 23.9 Å². The molecule has 2 aromatic heterocycles. The van der Waals surface area contributed by atoms with E-state index >= 15 is 0 Å². The van der Waals surface area contributed by atoms with Crippen LogP contribution >= 0.6 is 11.6 Å². The van der Waals surface area contributed by atoms with Gasteiger partial charge in [-0.1, -0.05) is 6.07 Å². The molecule has 27 heavy (non-hydrogen) atoms. The van der Waals surface area contributed by atoms with Crippen LogP contribution in [0.2, 0.25) is 5.28 Å². The molecule has 11 heteroatoms. The summed E-state index contributed by atoms with van der Waals surface area (Å²) in [5.41, 5.74) is 0.608. The van der Waals surface area contributed by atoms with Crippen LogP contribution in [0.15, 0.2) is 30.6 Å². The highest BCUT2D eigenvalue weighted by atomic mass is 35.5. The lowest BCUT2D eigenvalue weighted by Gasteiger charge is -2.12. The Morgan fingerprint density at radius 1 is 1.22 bits per heavy atom. The molecular formula is C16H14ClF3N6O. The number of aromatic nitrogens is 5. The molecule has 0 radical (unpaired) electrons. The van der Waals surface area contributed by atoms with E-state index in [0.717, 1.165) is 11.6 Å². The molecule has 1 aromatic carbocycles. The van der Waals surface area contributed by atoms with Crippen molar-refractivity contribution in [3.63, 3.8) is 0 Å². The first-order valence-corrected chi connectivity index (χ1v) is 8.05. The van der Waals surface area contributed by atoms with Crippen molar-refractivity contribution in [1.29, 1.82) is 0 Å². The van der Waals surface area contributed by atoms with E-state index in [1.165, 1.54) is 18.1 Å². The van der Waals surface area contributed by atoms with Gasteiger partial charge in [0.15, 0.2) is 5.69 Å². The molecule has 0 saturated carbocycles. The number of rotatable bonds is 5. The number of methoxy groups -OCH3 is 1. The molecule has 7 nitrogen and oxygen atoms in total. The highest BCUT2D eigenvalue weighted by molar-refractivity contribution is 6.28. The molecule has 0 bridgehead atoms. The van der Waals surface area contributed by atoms with Gasteiger partial charge in [-0.15, -0.1) is 0 Å². The fourth-order valence-electron chi connectivity index (χ4n) is 2.42. The largest absolute Gasteiger partial charge is 0.496 e. The Morgan fingerprint density at radius 3 is 2.63 bits per heavy atom. The zero-order valence-corrected chi connectivity index (χ0v) is 15.0. The number of aryl methyl sites for hydroxylation is 1. The normalized spacial score (nSPS) is 11.5. The number of alkyl halides is 3. The van der Waals surface area contributed by atoms with Crippen LogP contribution in [-0.2, 0) is 12.7 Å². The molecule has 0 aliphatic heterocycles. The van der Waals surface area contributed by atoms with Gasteiger partial charge in [-0.25, -0.2) is 14.6 Å². The summed E-state index contributed by atoms with van der Waals surface area (Å²) in [4.78, 5) is 11.5. The third-order valence-electron chi connectivity index (χ3n) is 3.67. The Hall–Kier alpha value is -2.88. The maximum Gasteiger partial charge on any atom is 0.435 e. The summed E-state index contributed by atoms with van der Waals surface area (Å²) in [5.74, 6) is 0.766. The van der Waals surface area contributed by atoms with Crippen molar-refractivity contribution < 1.29 is 17.9 Å². The molecule has 0 amide bonds. The van der Waals surface area contributed by atoms with Crippen LogP contribution in [0.25, 0.3) is 5.69 Å². The summed E-state index contributed by atoms with van der Waals surface area (Å²) >= 11 is 5.71. The van der Waals surface area contributed by atoms with E-state index in [4.69, 9.17) is 16.3 Å². The van der Waals surface area contributed by atoms with Crippen molar-refractivity contribution in [1.82, 2.24) is 24.7 Å². The fourth-order valence-corrected chi connectivity index (χ4v) is 2.54. The van der Waals surface area contributed by atoms with Crippen molar-refractivity contribution in [2.75, 3.05) is 12.4 Å². The number of ether oxygens (including phenoxy) is 1. The van der Waals surface area contributed by atoms with Crippen LogP contribution in [0.4, 0.5) is 19.1 Å². The van der Waals surface area contributed by atoms with Crippen LogP contribution in [0.1, 0.15) is 17.0 Å². The predicted octanol–water partition coefficient (Wildman–Crippen LogP) is 3.66. The minimum absolute atomic E-state index is 0.0597. The molecule has 1 N–H and O–H groups in total. The molecule has 2 heterocycles. The van der Waals surface area contributed by atoms with Gasteiger partial charge in [0.05, 0.1) is 12.8 Å². The lowest BCUT2D eigenvalue weighted by molar-refractivity contribution is -0.141. The van der Waals surface area contributed by atoms with Crippen LogP contribution < -0.4 is 10.1 Å².